The van der Waals surface area contributed by atoms with Gasteiger partial charge in [0, 0.05) is 6.04 Å². The molecule has 1 aromatic heterocycles. The topological polar surface area (TPSA) is 37.8 Å². The molecule has 11 heavy (non-hydrogen) atoms. The Balaban J connectivity index is 2.36. The van der Waals surface area contributed by atoms with Crippen molar-refractivity contribution in [2.45, 2.75) is 26.3 Å². The molecule has 1 aromatic rings. The van der Waals surface area contributed by atoms with Gasteiger partial charge in [0.1, 0.15) is 0 Å². The molecule has 0 radical (unpaired) electrons. The number of hydrogen-bond acceptors (Lipinski definition) is 4. The molecular weight excluding hydrogens is 158 g/mol. The summed E-state index contributed by atoms with van der Waals surface area (Å²) in [7, 11) is 0. The molecule has 0 aliphatic rings. The second-order valence-electron chi connectivity index (χ2n) is 2.50. The maximum absolute atomic E-state index is 3.80. The molecule has 4 heteroatoms. The van der Waals surface area contributed by atoms with Gasteiger partial charge in [0.15, 0.2) is 0 Å². The van der Waals surface area contributed by atoms with Crippen LogP contribution in [0.25, 0.3) is 0 Å². The first-order valence-corrected chi connectivity index (χ1v) is 4.62. The molecule has 0 saturated heterocycles. The van der Waals surface area contributed by atoms with Crippen LogP contribution in [0.2, 0.25) is 0 Å². The highest BCUT2D eigenvalue weighted by molar-refractivity contribution is 7.05. The molecule has 3 nitrogen and oxygen atoms in total. The molecule has 0 aliphatic carbocycles. The van der Waals surface area contributed by atoms with Crippen LogP contribution in [0, 0.1) is 0 Å². The normalized spacial score (nSPS) is 13.3. The van der Waals surface area contributed by atoms with Gasteiger partial charge in [0.25, 0.3) is 0 Å². The lowest BCUT2D eigenvalue weighted by atomic mass is 10.3. The van der Waals surface area contributed by atoms with E-state index in [1.807, 2.05) is 6.20 Å². The Morgan fingerprint density at radius 3 is 3.09 bits per heavy atom. The molecule has 0 spiro atoms. The zero-order chi connectivity index (χ0) is 8.10. The number of aromatic nitrogens is 2. The monoisotopic (exact) mass is 171 g/mol. The van der Waals surface area contributed by atoms with E-state index in [-0.39, 0.29) is 0 Å². The van der Waals surface area contributed by atoms with Crippen molar-refractivity contribution >= 4 is 11.5 Å². The molecule has 0 aromatic carbocycles. The van der Waals surface area contributed by atoms with Crippen LogP contribution >= 0.6 is 11.5 Å². The number of nitrogens with zero attached hydrogens (tertiary/aromatic N) is 2. The maximum Gasteiger partial charge on any atom is 0.0669 e. The van der Waals surface area contributed by atoms with Gasteiger partial charge in [0.2, 0.25) is 0 Å². The molecule has 62 valence electrons. The zero-order valence-electron chi connectivity index (χ0n) is 6.87. The van der Waals surface area contributed by atoms with E-state index in [1.54, 1.807) is 0 Å². The summed E-state index contributed by atoms with van der Waals surface area (Å²) in [6, 6.07) is 0.398. The average molecular weight is 171 g/mol. The van der Waals surface area contributed by atoms with Crippen LogP contribution < -0.4 is 5.32 Å². The second-order valence-corrected chi connectivity index (χ2v) is 3.31. The third-order valence-corrected chi connectivity index (χ3v) is 2.35. The van der Waals surface area contributed by atoms with Crippen LogP contribution in [0.4, 0.5) is 0 Å². The van der Waals surface area contributed by atoms with E-state index in [1.165, 1.54) is 16.4 Å². The van der Waals surface area contributed by atoms with Crippen LogP contribution in [0.3, 0.4) is 0 Å². The third kappa shape index (κ3) is 2.55. The summed E-state index contributed by atoms with van der Waals surface area (Å²) in [6.45, 7) is 5.34. The molecule has 1 atom stereocenters. The minimum absolute atomic E-state index is 0.398. The minimum Gasteiger partial charge on any atom is -0.309 e. The zero-order valence-corrected chi connectivity index (χ0v) is 7.69. The van der Waals surface area contributed by atoms with E-state index in [4.69, 9.17) is 0 Å². The summed E-state index contributed by atoms with van der Waals surface area (Å²) in [4.78, 5) is 1.21. The van der Waals surface area contributed by atoms with Crippen molar-refractivity contribution < 1.29 is 0 Å². The lowest BCUT2D eigenvalue weighted by Gasteiger charge is -2.08. The lowest BCUT2D eigenvalue weighted by molar-refractivity contribution is 0.577. The van der Waals surface area contributed by atoms with Gasteiger partial charge in [-0.2, -0.15) is 0 Å². The van der Waals surface area contributed by atoms with E-state index < -0.39 is 0 Å². The van der Waals surface area contributed by atoms with Gasteiger partial charge in [-0.15, -0.1) is 5.10 Å². The van der Waals surface area contributed by atoms with E-state index >= 15 is 0 Å². The fraction of sp³-hybridized carbons (Fsp3) is 0.714. The van der Waals surface area contributed by atoms with Crippen molar-refractivity contribution in [1.82, 2.24) is 14.9 Å². The van der Waals surface area contributed by atoms with Crippen LogP contribution in [0.5, 0.6) is 0 Å². The average Bonchev–Trinajstić information content (AvgIpc) is 2.52. The Labute approximate surface area is 71.0 Å². The second kappa shape index (κ2) is 4.41. The van der Waals surface area contributed by atoms with E-state index in [0.717, 1.165) is 13.0 Å². The highest BCUT2D eigenvalue weighted by atomic mass is 32.1. The molecule has 0 bridgehead atoms. The van der Waals surface area contributed by atoms with Crippen LogP contribution in [0.1, 0.15) is 31.2 Å². The van der Waals surface area contributed by atoms with Crippen molar-refractivity contribution in [3.05, 3.63) is 11.1 Å². The Kier molecular flexibility index (Phi) is 3.45. The molecule has 0 aliphatic heterocycles. The summed E-state index contributed by atoms with van der Waals surface area (Å²) in [6.07, 6.45) is 2.98. The predicted molar refractivity (Wildman–Crippen MR) is 46.6 cm³/mol. The summed E-state index contributed by atoms with van der Waals surface area (Å²) in [5.41, 5.74) is 0. The van der Waals surface area contributed by atoms with Crippen molar-refractivity contribution in [2.75, 3.05) is 6.54 Å². The van der Waals surface area contributed by atoms with E-state index in [2.05, 4.69) is 28.8 Å². The maximum atomic E-state index is 3.80. The van der Waals surface area contributed by atoms with Gasteiger partial charge < -0.3 is 5.32 Å². The Hall–Kier alpha value is -0.480. The largest absolute Gasteiger partial charge is 0.309 e. The summed E-state index contributed by atoms with van der Waals surface area (Å²) in [5, 5.41) is 7.14. The van der Waals surface area contributed by atoms with Gasteiger partial charge in [-0.3, -0.25) is 0 Å². The fourth-order valence-corrected chi connectivity index (χ4v) is 1.35. The summed E-state index contributed by atoms with van der Waals surface area (Å²) in [5.74, 6) is 0. The molecule has 0 fully saturated rings. The van der Waals surface area contributed by atoms with Crippen molar-refractivity contribution in [2.24, 2.45) is 0 Å². The van der Waals surface area contributed by atoms with Crippen LogP contribution in [-0.2, 0) is 0 Å². The van der Waals surface area contributed by atoms with Gasteiger partial charge >= 0.3 is 0 Å². The van der Waals surface area contributed by atoms with Crippen molar-refractivity contribution in [3.63, 3.8) is 0 Å². The predicted octanol–water partition coefficient (Wildman–Crippen LogP) is 1.60. The number of rotatable bonds is 4. The number of nitrogens with one attached hydrogen (secondary N) is 1. The molecule has 0 amide bonds. The SMILES string of the molecule is CCCNC(C)c1cnns1. The van der Waals surface area contributed by atoms with Crippen molar-refractivity contribution in [3.8, 4) is 0 Å². The first kappa shape index (κ1) is 8.62. The first-order chi connectivity index (χ1) is 5.34. The first-order valence-electron chi connectivity index (χ1n) is 3.85. The van der Waals surface area contributed by atoms with Crippen LogP contribution in [0.15, 0.2) is 6.20 Å². The summed E-state index contributed by atoms with van der Waals surface area (Å²) >= 11 is 1.46. The molecule has 0 saturated carbocycles. The third-order valence-electron chi connectivity index (χ3n) is 1.51. The highest BCUT2D eigenvalue weighted by Gasteiger charge is 2.05. The quantitative estimate of drug-likeness (QED) is 0.747. The number of hydrogen-bond donors (Lipinski definition) is 1. The molecule has 1 heterocycles. The molecular formula is C7H13N3S. The standard InChI is InChI=1S/C7H13N3S/c1-3-4-8-6(2)7-5-9-10-11-7/h5-6,8H,3-4H2,1-2H3. The van der Waals surface area contributed by atoms with Gasteiger partial charge in [0.05, 0.1) is 11.1 Å². The van der Waals surface area contributed by atoms with Gasteiger partial charge in [-0.05, 0) is 31.4 Å². The summed E-state index contributed by atoms with van der Waals surface area (Å²) < 4.78 is 3.80. The fourth-order valence-electron chi connectivity index (χ4n) is 0.827. The Morgan fingerprint density at radius 2 is 2.55 bits per heavy atom. The molecule has 1 unspecified atom stereocenters. The highest BCUT2D eigenvalue weighted by Crippen LogP contribution is 2.13. The van der Waals surface area contributed by atoms with E-state index in [9.17, 15) is 0 Å². The Morgan fingerprint density at radius 1 is 1.73 bits per heavy atom. The molecule has 1 rings (SSSR count). The van der Waals surface area contributed by atoms with Crippen molar-refractivity contribution in [1.29, 1.82) is 0 Å². The van der Waals surface area contributed by atoms with E-state index in [0.29, 0.717) is 6.04 Å². The molecule has 1 N–H and O–H groups in total. The lowest BCUT2D eigenvalue weighted by Crippen LogP contribution is -2.18. The Bertz CT molecular complexity index is 186. The van der Waals surface area contributed by atoms with Gasteiger partial charge in [-0.1, -0.05) is 11.4 Å². The minimum atomic E-state index is 0.398. The van der Waals surface area contributed by atoms with Gasteiger partial charge in [-0.25, -0.2) is 0 Å². The van der Waals surface area contributed by atoms with Crippen LogP contribution in [-0.4, -0.2) is 16.1 Å². The smallest absolute Gasteiger partial charge is 0.0669 e.